The minimum absolute atomic E-state index is 0.157. The van der Waals surface area contributed by atoms with Crippen molar-refractivity contribution in [3.63, 3.8) is 0 Å². The van der Waals surface area contributed by atoms with Crippen LogP contribution in [0.4, 0.5) is 0 Å². The fourth-order valence-electron chi connectivity index (χ4n) is 2.38. The lowest BCUT2D eigenvalue weighted by Gasteiger charge is -2.27. The SMILES string of the molecule is CCC(CC)(Cn1nnnc1C(C)n1cccn1)C(=O)O. The van der Waals surface area contributed by atoms with Gasteiger partial charge in [-0.2, -0.15) is 5.10 Å². The van der Waals surface area contributed by atoms with Gasteiger partial charge in [0.15, 0.2) is 5.82 Å². The standard InChI is InChI=1S/C13H20N6O2/c1-4-13(5-2,12(20)21)9-19-11(15-16-17-19)10(3)18-8-6-7-14-18/h6-8,10H,4-5,9H2,1-3H3,(H,20,21). The molecule has 2 aromatic heterocycles. The molecule has 0 spiro atoms. The molecule has 2 rings (SSSR count). The Morgan fingerprint density at radius 2 is 2.14 bits per heavy atom. The molecule has 0 saturated carbocycles. The molecule has 1 N–H and O–H groups in total. The third-order valence-electron chi connectivity index (χ3n) is 4.11. The first kappa shape index (κ1) is 15.1. The summed E-state index contributed by atoms with van der Waals surface area (Å²) in [7, 11) is 0. The van der Waals surface area contributed by atoms with Gasteiger partial charge in [-0.25, -0.2) is 4.68 Å². The van der Waals surface area contributed by atoms with Gasteiger partial charge >= 0.3 is 5.97 Å². The molecule has 0 saturated heterocycles. The van der Waals surface area contributed by atoms with Crippen LogP contribution in [0.25, 0.3) is 0 Å². The van der Waals surface area contributed by atoms with Crippen LogP contribution in [-0.4, -0.2) is 41.1 Å². The molecule has 8 nitrogen and oxygen atoms in total. The van der Waals surface area contributed by atoms with Gasteiger partial charge in [-0.3, -0.25) is 9.48 Å². The first-order valence-electron chi connectivity index (χ1n) is 7.02. The molecule has 0 aliphatic rings. The minimum Gasteiger partial charge on any atom is -0.481 e. The van der Waals surface area contributed by atoms with E-state index in [0.29, 0.717) is 18.7 Å². The Morgan fingerprint density at radius 1 is 1.43 bits per heavy atom. The van der Waals surface area contributed by atoms with Crippen LogP contribution in [0, 0.1) is 5.41 Å². The van der Waals surface area contributed by atoms with Gasteiger partial charge in [-0.1, -0.05) is 13.8 Å². The smallest absolute Gasteiger partial charge is 0.311 e. The van der Waals surface area contributed by atoms with Gasteiger partial charge in [0.25, 0.3) is 0 Å². The number of aliphatic carboxylic acids is 1. The first-order valence-corrected chi connectivity index (χ1v) is 7.02. The highest BCUT2D eigenvalue weighted by Crippen LogP contribution is 2.29. The number of carboxylic acid groups (broad SMARTS) is 1. The van der Waals surface area contributed by atoms with Crippen molar-refractivity contribution in [1.29, 1.82) is 0 Å². The van der Waals surface area contributed by atoms with Crippen LogP contribution >= 0.6 is 0 Å². The summed E-state index contributed by atoms with van der Waals surface area (Å²) in [5.74, 6) is -0.216. The van der Waals surface area contributed by atoms with Crippen LogP contribution in [0.3, 0.4) is 0 Å². The monoisotopic (exact) mass is 292 g/mol. The molecule has 1 atom stereocenters. The Morgan fingerprint density at radius 3 is 2.67 bits per heavy atom. The second-order valence-corrected chi connectivity index (χ2v) is 5.15. The molecule has 114 valence electrons. The quantitative estimate of drug-likeness (QED) is 0.827. The van der Waals surface area contributed by atoms with Crippen LogP contribution in [0.1, 0.15) is 45.5 Å². The zero-order valence-electron chi connectivity index (χ0n) is 12.5. The fourth-order valence-corrected chi connectivity index (χ4v) is 2.38. The van der Waals surface area contributed by atoms with E-state index in [4.69, 9.17) is 0 Å². The van der Waals surface area contributed by atoms with Crippen molar-refractivity contribution in [2.24, 2.45) is 5.41 Å². The van der Waals surface area contributed by atoms with Gasteiger partial charge in [0.2, 0.25) is 0 Å². The Bertz CT molecular complexity index is 588. The summed E-state index contributed by atoms with van der Waals surface area (Å²) in [6.07, 6.45) is 4.56. The normalized spacial score (nSPS) is 13.3. The van der Waals surface area contributed by atoms with Gasteiger partial charge in [0.05, 0.1) is 12.0 Å². The number of hydrogen-bond acceptors (Lipinski definition) is 5. The summed E-state index contributed by atoms with van der Waals surface area (Å²) < 4.78 is 3.32. The van der Waals surface area contributed by atoms with Gasteiger partial charge in [0.1, 0.15) is 6.04 Å². The molecule has 21 heavy (non-hydrogen) atoms. The molecule has 0 aromatic carbocycles. The average Bonchev–Trinajstić information content (AvgIpc) is 3.15. The van der Waals surface area contributed by atoms with Crippen LogP contribution in [0.2, 0.25) is 0 Å². The highest BCUT2D eigenvalue weighted by Gasteiger charge is 2.37. The Hall–Kier alpha value is -2.25. The highest BCUT2D eigenvalue weighted by atomic mass is 16.4. The lowest BCUT2D eigenvalue weighted by Crippen LogP contribution is -2.36. The zero-order valence-corrected chi connectivity index (χ0v) is 12.5. The molecule has 0 amide bonds. The predicted molar refractivity (Wildman–Crippen MR) is 74.5 cm³/mol. The zero-order chi connectivity index (χ0) is 15.5. The molecular weight excluding hydrogens is 272 g/mol. The Kier molecular flexibility index (Phi) is 4.35. The number of aromatic nitrogens is 6. The van der Waals surface area contributed by atoms with Crippen molar-refractivity contribution in [3.05, 3.63) is 24.3 Å². The lowest BCUT2D eigenvalue weighted by molar-refractivity contribution is -0.150. The summed E-state index contributed by atoms with van der Waals surface area (Å²) >= 11 is 0. The van der Waals surface area contributed by atoms with Crippen molar-refractivity contribution in [3.8, 4) is 0 Å². The first-order chi connectivity index (χ1) is 10.0. The van der Waals surface area contributed by atoms with E-state index in [-0.39, 0.29) is 12.6 Å². The van der Waals surface area contributed by atoms with Crippen molar-refractivity contribution in [2.75, 3.05) is 0 Å². The third kappa shape index (κ3) is 2.79. The molecule has 1 unspecified atom stereocenters. The maximum Gasteiger partial charge on any atom is 0.311 e. The van der Waals surface area contributed by atoms with E-state index in [1.165, 1.54) is 0 Å². The molecular formula is C13H20N6O2. The molecule has 2 heterocycles. The fraction of sp³-hybridized carbons (Fsp3) is 0.615. The van der Waals surface area contributed by atoms with Crippen molar-refractivity contribution < 1.29 is 9.90 Å². The van der Waals surface area contributed by atoms with E-state index in [2.05, 4.69) is 20.6 Å². The van der Waals surface area contributed by atoms with Gasteiger partial charge in [0, 0.05) is 12.4 Å². The van der Waals surface area contributed by atoms with E-state index in [1.54, 1.807) is 15.6 Å². The van der Waals surface area contributed by atoms with Crippen molar-refractivity contribution >= 4 is 5.97 Å². The largest absolute Gasteiger partial charge is 0.481 e. The number of rotatable bonds is 7. The molecule has 2 aromatic rings. The maximum absolute atomic E-state index is 11.6. The van der Waals surface area contributed by atoms with Gasteiger partial charge in [-0.05, 0) is 36.3 Å². The van der Waals surface area contributed by atoms with Gasteiger partial charge < -0.3 is 5.11 Å². The van der Waals surface area contributed by atoms with E-state index in [9.17, 15) is 9.90 Å². The van der Waals surface area contributed by atoms with Crippen LogP contribution in [0.15, 0.2) is 18.5 Å². The molecule has 8 heteroatoms. The molecule has 0 bridgehead atoms. The average molecular weight is 292 g/mol. The van der Waals surface area contributed by atoms with E-state index in [0.717, 1.165) is 0 Å². The van der Waals surface area contributed by atoms with Crippen molar-refractivity contribution in [2.45, 2.75) is 46.2 Å². The van der Waals surface area contributed by atoms with Gasteiger partial charge in [-0.15, -0.1) is 5.10 Å². The molecule has 0 fully saturated rings. The van der Waals surface area contributed by atoms with Crippen LogP contribution in [-0.2, 0) is 11.3 Å². The number of nitrogens with zero attached hydrogens (tertiary/aromatic N) is 6. The Balaban J connectivity index is 2.30. The molecule has 0 aliphatic carbocycles. The van der Waals surface area contributed by atoms with E-state index < -0.39 is 11.4 Å². The van der Waals surface area contributed by atoms with Crippen LogP contribution in [0.5, 0.6) is 0 Å². The topological polar surface area (TPSA) is 98.7 Å². The lowest BCUT2D eigenvalue weighted by atomic mass is 9.82. The number of carboxylic acids is 1. The second kappa shape index (κ2) is 6.02. The van der Waals surface area contributed by atoms with E-state index >= 15 is 0 Å². The maximum atomic E-state index is 11.6. The van der Waals surface area contributed by atoms with Crippen molar-refractivity contribution in [1.82, 2.24) is 30.0 Å². The molecule has 0 aliphatic heterocycles. The highest BCUT2D eigenvalue weighted by molar-refractivity contribution is 5.74. The molecule has 0 radical (unpaired) electrons. The summed E-state index contributed by atoms with van der Waals surface area (Å²) in [6, 6.07) is 1.67. The predicted octanol–water partition coefficient (Wildman–Crippen LogP) is 1.37. The third-order valence-corrected chi connectivity index (χ3v) is 4.11. The van der Waals surface area contributed by atoms with E-state index in [1.807, 2.05) is 33.0 Å². The number of carbonyl (C=O) groups is 1. The summed E-state index contributed by atoms with van der Waals surface area (Å²) in [4.78, 5) is 11.6. The summed E-state index contributed by atoms with van der Waals surface area (Å²) in [5.41, 5.74) is -0.853. The minimum atomic E-state index is -0.853. The summed E-state index contributed by atoms with van der Waals surface area (Å²) in [6.45, 7) is 5.93. The summed E-state index contributed by atoms with van der Waals surface area (Å²) in [5, 5.41) is 25.4. The Labute approximate surface area is 122 Å². The number of tetrazole rings is 1. The van der Waals surface area contributed by atoms with Crippen LogP contribution < -0.4 is 0 Å². The number of hydrogen-bond donors (Lipinski definition) is 1. The second-order valence-electron chi connectivity index (χ2n) is 5.15.